The molecule has 0 unspecified atom stereocenters. The van der Waals surface area contributed by atoms with Crippen LogP contribution in [-0.2, 0) is 6.42 Å². The van der Waals surface area contributed by atoms with Crippen molar-refractivity contribution in [1.82, 2.24) is 0 Å². The van der Waals surface area contributed by atoms with Crippen molar-refractivity contribution in [3.63, 3.8) is 0 Å². The second-order valence-electron chi connectivity index (χ2n) is 7.22. The second kappa shape index (κ2) is 7.23. The average Bonchev–Trinajstić information content (AvgIpc) is 2.38. The number of hydrogen-bond acceptors (Lipinski definition) is 1. The first-order valence-electron chi connectivity index (χ1n) is 7.64. The van der Waals surface area contributed by atoms with E-state index >= 15 is 0 Å². The number of allylic oxidation sites excluding steroid dienone is 1. The summed E-state index contributed by atoms with van der Waals surface area (Å²) in [4.78, 5) is 0. The molecule has 0 radical (unpaired) electrons. The first kappa shape index (κ1) is 17.2. The minimum absolute atomic E-state index is 0.223. The number of unbranched alkanes of at least 4 members (excludes halogenated alkanes) is 1. The van der Waals surface area contributed by atoms with Gasteiger partial charge >= 0.3 is 0 Å². The van der Waals surface area contributed by atoms with Crippen molar-refractivity contribution in [2.75, 3.05) is 0 Å². The van der Waals surface area contributed by atoms with E-state index in [-0.39, 0.29) is 10.8 Å². The summed E-state index contributed by atoms with van der Waals surface area (Å²) in [5, 5.41) is 10.6. The van der Waals surface area contributed by atoms with Gasteiger partial charge in [-0.15, -0.1) is 0 Å². The molecule has 0 aliphatic carbocycles. The molecule has 1 N–H and O–H groups in total. The van der Waals surface area contributed by atoms with Gasteiger partial charge in [0.2, 0.25) is 0 Å². The normalized spacial score (nSPS) is 14.7. The molecule has 2 heteroatoms. The molecule has 0 bridgehead atoms. The highest BCUT2D eigenvalue weighted by Crippen LogP contribution is 2.38. The van der Waals surface area contributed by atoms with Crippen molar-refractivity contribution < 1.29 is 5.11 Å². The molecule has 0 spiro atoms. The summed E-state index contributed by atoms with van der Waals surface area (Å²) >= 11 is 0. The molecule has 0 heterocycles. The van der Waals surface area contributed by atoms with E-state index in [0.29, 0.717) is 0 Å². The number of benzene rings is 1. The quantitative estimate of drug-likeness (QED) is 0.445. The maximum atomic E-state index is 10.4. The molecule has 1 nitrogen and oxygen atoms in total. The Kier molecular flexibility index (Phi) is 6.22. The van der Waals surface area contributed by atoms with Crippen molar-refractivity contribution in [2.45, 2.75) is 63.9 Å². The lowest BCUT2D eigenvalue weighted by atomic mass is 10.1. The molecule has 0 fully saturated rings. The highest BCUT2D eigenvalue weighted by Gasteiger charge is 2.40. The van der Waals surface area contributed by atoms with Crippen LogP contribution in [0.4, 0.5) is 0 Å². The highest BCUT2D eigenvalue weighted by molar-refractivity contribution is 6.81. The van der Waals surface area contributed by atoms with E-state index in [4.69, 9.17) is 0 Å². The Hall–Kier alpha value is -0.863. The van der Waals surface area contributed by atoms with Crippen molar-refractivity contribution in [1.29, 1.82) is 0 Å². The molecule has 1 aromatic rings. The van der Waals surface area contributed by atoms with Crippen LogP contribution in [0.1, 0.15) is 39.2 Å². The van der Waals surface area contributed by atoms with Gasteiger partial charge in [-0.3, -0.25) is 0 Å². The van der Waals surface area contributed by atoms with Crippen LogP contribution in [0.15, 0.2) is 42.5 Å². The molecule has 0 aliphatic heterocycles. The predicted octanol–water partition coefficient (Wildman–Crippen LogP) is 4.97. The van der Waals surface area contributed by atoms with Gasteiger partial charge in [0.15, 0.2) is 0 Å². The van der Waals surface area contributed by atoms with Crippen molar-refractivity contribution in [2.24, 2.45) is 0 Å². The third kappa shape index (κ3) is 4.91. The van der Waals surface area contributed by atoms with E-state index in [2.05, 4.69) is 70.3 Å². The van der Waals surface area contributed by atoms with E-state index in [9.17, 15) is 5.11 Å². The Balaban J connectivity index is 2.38. The Labute approximate surface area is 125 Å². The van der Waals surface area contributed by atoms with E-state index in [1.54, 1.807) is 0 Å². The summed E-state index contributed by atoms with van der Waals surface area (Å²) in [5.74, 6) is 0. The third-order valence-corrected chi connectivity index (χ3v) is 10.2. The van der Waals surface area contributed by atoms with E-state index < -0.39 is 8.07 Å². The standard InChI is InChI=1S/C18H30OSi/c1-18(2,3)20(4,5)17(19)15-11-7-10-14-16-12-8-6-9-13-16/h6,8-9,11-13,15,17,19H,7,10,14H2,1-5H3/b15-11-/t17-/m1/s1. The predicted molar refractivity (Wildman–Crippen MR) is 91.7 cm³/mol. The zero-order valence-electron chi connectivity index (χ0n) is 13.7. The molecule has 0 saturated carbocycles. The highest BCUT2D eigenvalue weighted by atomic mass is 28.3. The first-order chi connectivity index (χ1) is 9.25. The third-order valence-electron chi connectivity index (χ3n) is 4.67. The zero-order valence-corrected chi connectivity index (χ0v) is 14.7. The van der Waals surface area contributed by atoms with Crippen LogP contribution in [0.2, 0.25) is 18.1 Å². The fourth-order valence-corrected chi connectivity index (χ4v) is 3.48. The number of hydrogen-bond donors (Lipinski definition) is 1. The van der Waals surface area contributed by atoms with Crippen LogP contribution in [0.5, 0.6) is 0 Å². The SMILES string of the molecule is CC(C)(C)[Si](C)(C)[C@@H](O)/C=C\CCCc1ccccc1. The maximum absolute atomic E-state index is 10.4. The minimum atomic E-state index is -1.66. The lowest BCUT2D eigenvalue weighted by Crippen LogP contribution is -2.48. The van der Waals surface area contributed by atoms with Gasteiger partial charge in [0.1, 0.15) is 0 Å². The maximum Gasteiger partial charge on any atom is 0.0914 e. The number of aliphatic hydroxyl groups excluding tert-OH is 1. The summed E-state index contributed by atoms with van der Waals surface area (Å²) in [6.45, 7) is 11.3. The van der Waals surface area contributed by atoms with Crippen molar-refractivity contribution in [3.05, 3.63) is 48.0 Å². The monoisotopic (exact) mass is 290 g/mol. The van der Waals surface area contributed by atoms with Gasteiger partial charge in [-0.25, -0.2) is 0 Å². The number of aliphatic hydroxyl groups is 1. The molecule has 0 amide bonds. The molecular weight excluding hydrogens is 260 g/mol. The summed E-state index contributed by atoms with van der Waals surface area (Å²) in [6.07, 6.45) is 7.49. The summed E-state index contributed by atoms with van der Waals surface area (Å²) in [7, 11) is -1.66. The van der Waals surface area contributed by atoms with Crippen LogP contribution in [-0.4, -0.2) is 18.9 Å². The second-order valence-corrected chi connectivity index (χ2v) is 12.8. The Morgan fingerprint density at radius 2 is 1.75 bits per heavy atom. The molecule has 1 atom stereocenters. The van der Waals surface area contributed by atoms with E-state index in [0.717, 1.165) is 19.3 Å². The van der Waals surface area contributed by atoms with Gasteiger partial charge in [0.05, 0.1) is 13.8 Å². The Morgan fingerprint density at radius 3 is 2.30 bits per heavy atom. The fraction of sp³-hybridized carbons (Fsp3) is 0.556. The first-order valence-corrected chi connectivity index (χ1v) is 10.7. The van der Waals surface area contributed by atoms with Crippen molar-refractivity contribution >= 4 is 8.07 Å². The van der Waals surface area contributed by atoms with Gasteiger partial charge in [0.25, 0.3) is 0 Å². The minimum Gasteiger partial charge on any atom is -0.393 e. The largest absolute Gasteiger partial charge is 0.393 e. The average molecular weight is 291 g/mol. The molecule has 0 saturated heterocycles. The molecule has 0 aliphatic rings. The van der Waals surface area contributed by atoms with Crippen molar-refractivity contribution in [3.8, 4) is 0 Å². The summed E-state index contributed by atoms with van der Waals surface area (Å²) in [5.41, 5.74) is 1.14. The van der Waals surface area contributed by atoms with Crippen LogP contribution in [0, 0.1) is 0 Å². The van der Waals surface area contributed by atoms with Gasteiger partial charge in [-0.2, -0.15) is 0 Å². The summed E-state index contributed by atoms with van der Waals surface area (Å²) in [6, 6.07) is 10.6. The van der Waals surface area contributed by atoms with E-state index in [1.807, 2.05) is 6.08 Å². The molecule has 0 aromatic heterocycles. The zero-order chi connectivity index (χ0) is 15.2. The fourth-order valence-electron chi connectivity index (χ4n) is 1.98. The number of aryl methyl sites for hydroxylation is 1. The lowest BCUT2D eigenvalue weighted by molar-refractivity contribution is 0.283. The smallest absolute Gasteiger partial charge is 0.0914 e. The van der Waals surface area contributed by atoms with Crippen LogP contribution < -0.4 is 0 Å². The summed E-state index contributed by atoms with van der Waals surface area (Å²) < 4.78 is 0. The Morgan fingerprint density at radius 1 is 1.15 bits per heavy atom. The van der Waals surface area contributed by atoms with Crippen LogP contribution >= 0.6 is 0 Å². The topological polar surface area (TPSA) is 20.2 Å². The molecule has 1 aromatic carbocycles. The van der Waals surface area contributed by atoms with Crippen LogP contribution in [0.25, 0.3) is 0 Å². The molecule has 1 rings (SSSR count). The van der Waals surface area contributed by atoms with Gasteiger partial charge < -0.3 is 5.11 Å². The van der Waals surface area contributed by atoms with E-state index in [1.165, 1.54) is 5.56 Å². The van der Waals surface area contributed by atoms with Gasteiger partial charge in [0, 0.05) is 0 Å². The molecular formula is C18H30OSi. The Bertz CT molecular complexity index is 415. The number of rotatable bonds is 6. The van der Waals surface area contributed by atoms with Gasteiger partial charge in [-0.1, -0.05) is 76.3 Å². The van der Waals surface area contributed by atoms with Gasteiger partial charge in [-0.05, 0) is 29.9 Å². The van der Waals surface area contributed by atoms with Crippen LogP contribution in [0.3, 0.4) is 0 Å². The molecule has 112 valence electrons. The lowest BCUT2D eigenvalue weighted by Gasteiger charge is -2.39. The molecule has 20 heavy (non-hydrogen) atoms.